The summed E-state index contributed by atoms with van der Waals surface area (Å²) in [6, 6.07) is 5.68. The van der Waals surface area contributed by atoms with Crippen LogP contribution < -0.4 is 15.8 Å². The summed E-state index contributed by atoms with van der Waals surface area (Å²) < 4.78 is 33.4. The molecule has 0 spiro atoms. The number of alkyl halides is 2. The molecule has 1 aliphatic heterocycles. The van der Waals surface area contributed by atoms with E-state index in [1.165, 1.54) is 24.3 Å². The summed E-state index contributed by atoms with van der Waals surface area (Å²) in [5.74, 6) is -0.269. The Morgan fingerprint density at radius 1 is 1.30 bits per heavy atom. The first-order valence-corrected chi connectivity index (χ1v) is 6.22. The SMILES string of the molecule is NC1(C(=O)Nc2ccc(OC(F)F)cc2)CCOCC1. The van der Waals surface area contributed by atoms with Crippen LogP contribution in [0.1, 0.15) is 12.8 Å². The zero-order chi connectivity index (χ0) is 14.6. The lowest BCUT2D eigenvalue weighted by Crippen LogP contribution is -2.54. The summed E-state index contributed by atoms with van der Waals surface area (Å²) >= 11 is 0. The molecular weight excluding hydrogens is 270 g/mol. The lowest BCUT2D eigenvalue weighted by Gasteiger charge is -2.31. The number of carbonyl (C=O) groups excluding carboxylic acids is 1. The van der Waals surface area contributed by atoms with E-state index in [1.54, 1.807) is 0 Å². The third kappa shape index (κ3) is 3.64. The summed E-state index contributed by atoms with van der Waals surface area (Å²) in [4.78, 5) is 12.1. The summed E-state index contributed by atoms with van der Waals surface area (Å²) in [6.45, 7) is -1.97. The molecule has 20 heavy (non-hydrogen) atoms. The van der Waals surface area contributed by atoms with Crippen LogP contribution in [0.3, 0.4) is 0 Å². The minimum absolute atomic E-state index is 0.0338. The normalized spacial score (nSPS) is 17.8. The van der Waals surface area contributed by atoms with Crippen LogP contribution in [0.25, 0.3) is 0 Å². The van der Waals surface area contributed by atoms with Crippen LogP contribution >= 0.6 is 0 Å². The van der Waals surface area contributed by atoms with Crippen molar-refractivity contribution in [1.82, 2.24) is 0 Å². The third-order valence-corrected chi connectivity index (χ3v) is 3.17. The van der Waals surface area contributed by atoms with Crippen molar-refractivity contribution in [3.8, 4) is 5.75 Å². The molecule has 2 rings (SSSR count). The predicted octanol–water partition coefficient (Wildman–Crippen LogP) is 1.73. The van der Waals surface area contributed by atoms with Crippen molar-refractivity contribution in [1.29, 1.82) is 0 Å². The number of hydrogen-bond acceptors (Lipinski definition) is 4. The van der Waals surface area contributed by atoms with Gasteiger partial charge in [-0.15, -0.1) is 0 Å². The molecule has 1 saturated heterocycles. The van der Waals surface area contributed by atoms with Crippen LogP contribution in [0.15, 0.2) is 24.3 Å². The van der Waals surface area contributed by atoms with Gasteiger partial charge in [-0.2, -0.15) is 8.78 Å². The number of carbonyl (C=O) groups is 1. The molecule has 0 aromatic heterocycles. The zero-order valence-electron chi connectivity index (χ0n) is 10.8. The smallest absolute Gasteiger partial charge is 0.387 e. The predicted molar refractivity (Wildman–Crippen MR) is 68.7 cm³/mol. The molecule has 0 atom stereocenters. The zero-order valence-corrected chi connectivity index (χ0v) is 10.8. The van der Waals surface area contributed by atoms with Crippen LogP contribution in [0, 0.1) is 0 Å². The van der Waals surface area contributed by atoms with Gasteiger partial charge in [0.05, 0.1) is 0 Å². The molecule has 0 unspecified atom stereocenters. The molecule has 1 heterocycles. The van der Waals surface area contributed by atoms with Crippen molar-refractivity contribution in [3.63, 3.8) is 0 Å². The summed E-state index contributed by atoms with van der Waals surface area (Å²) in [5.41, 5.74) is 5.56. The average molecular weight is 286 g/mol. The van der Waals surface area contributed by atoms with Gasteiger partial charge in [-0.3, -0.25) is 4.79 Å². The standard InChI is InChI=1S/C13H16F2N2O3/c14-12(15)20-10-3-1-9(2-4-10)17-11(18)13(16)5-7-19-8-6-13/h1-4,12H,5-8,16H2,(H,17,18). The molecule has 0 aliphatic carbocycles. The van der Waals surface area contributed by atoms with Gasteiger partial charge in [0.25, 0.3) is 0 Å². The lowest BCUT2D eigenvalue weighted by atomic mass is 9.90. The Hall–Kier alpha value is -1.73. The number of rotatable bonds is 4. The van der Waals surface area contributed by atoms with E-state index in [0.717, 1.165) is 0 Å². The van der Waals surface area contributed by atoms with E-state index < -0.39 is 12.2 Å². The van der Waals surface area contributed by atoms with E-state index in [0.29, 0.717) is 31.7 Å². The average Bonchev–Trinajstić information content (AvgIpc) is 2.41. The van der Waals surface area contributed by atoms with Crippen molar-refractivity contribution in [2.45, 2.75) is 25.0 Å². The van der Waals surface area contributed by atoms with Crippen molar-refractivity contribution >= 4 is 11.6 Å². The Morgan fingerprint density at radius 3 is 2.45 bits per heavy atom. The van der Waals surface area contributed by atoms with Gasteiger partial charge in [-0.1, -0.05) is 0 Å². The Balaban J connectivity index is 1.97. The first-order valence-electron chi connectivity index (χ1n) is 6.22. The van der Waals surface area contributed by atoms with Gasteiger partial charge in [0.15, 0.2) is 0 Å². The fraction of sp³-hybridized carbons (Fsp3) is 0.462. The van der Waals surface area contributed by atoms with Crippen LogP contribution in [0.2, 0.25) is 0 Å². The van der Waals surface area contributed by atoms with Crippen molar-refractivity contribution in [2.24, 2.45) is 5.73 Å². The molecule has 1 fully saturated rings. The minimum Gasteiger partial charge on any atom is -0.435 e. The van der Waals surface area contributed by atoms with E-state index in [2.05, 4.69) is 10.1 Å². The summed E-state index contributed by atoms with van der Waals surface area (Å²) in [5, 5.41) is 2.67. The number of hydrogen-bond donors (Lipinski definition) is 2. The van der Waals surface area contributed by atoms with E-state index in [-0.39, 0.29) is 11.7 Å². The number of halogens is 2. The largest absolute Gasteiger partial charge is 0.435 e. The third-order valence-electron chi connectivity index (χ3n) is 3.17. The molecule has 0 saturated carbocycles. The highest BCUT2D eigenvalue weighted by Crippen LogP contribution is 2.22. The van der Waals surface area contributed by atoms with E-state index in [9.17, 15) is 13.6 Å². The van der Waals surface area contributed by atoms with Crippen LogP contribution in [-0.2, 0) is 9.53 Å². The van der Waals surface area contributed by atoms with Crippen molar-refractivity contribution in [2.75, 3.05) is 18.5 Å². The minimum atomic E-state index is -2.87. The van der Waals surface area contributed by atoms with Crippen LogP contribution in [-0.4, -0.2) is 31.3 Å². The fourth-order valence-electron chi connectivity index (χ4n) is 1.94. The Morgan fingerprint density at radius 2 is 1.90 bits per heavy atom. The van der Waals surface area contributed by atoms with E-state index in [4.69, 9.17) is 10.5 Å². The second-order valence-corrected chi connectivity index (χ2v) is 4.63. The van der Waals surface area contributed by atoms with E-state index in [1.807, 2.05) is 0 Å². The fourth-order valence-corrected chi connectivity index (χ4v) is 1.94. The number of benzene rings is 1. The highest BCUT2D eigenvalue weighted by molar-refractivity contribution is 5.98. The molecule has 0 radical (unpaired) electrons. The molecule has 110 valence electrons. The first kappa shape index (κ1) is 14.7. The summed E-state index contributed by atoms with van der Waals surface area (Å²) in [6.07, 6.45) is 0.900. The van der Waals surface area contributed by atoms with Gasteiger partial charge in [-0.05, 0) is 37.1 Å². The number of nitrogens with two attached hydrogens (primary N) is 1. The molecule has 1 aliphatic rings. The lowest BCUT2D eigenvalue weighted by molar-refractivity contribution is -0.124. The number of anilines is 1. The molecule has 1 aromatic rings. The second-order valence-electron chi connectivity index (χ2n) is 4.63. The maximum absolute atomic E-state index is 12.1. The molecule has 0 bridgehead atoms. The molecule has 5 nitrogen and oxygen atoms in total. The van der Waals surface area contributed by atoms with Gasteiger partial charge >= 0.3 is 6.61 Å². The Kier molecular flexibility index (Phi) is 4.51. The number of nitrogens with one attached hydrogen (secondary N) is 1. The van der Waals surface area contributed by atoms with Gasteiger partial charge in [0.2, 0.25) is 5.91 Å². The maximum atomic E-state index is 12.1. The first-order chi connectivity index (χ1) is 9.49. The van der Waals surface area contributed by atoms with Gasteiger partial charge in [0, 0.05) is 18.9 Å². The Labute approximate surface area is 115 Å². The maximum Gasteiger partial charge on any atom is 0.387 e. The molecule has 1 amide bonds. The molecule has 3 N–H and O–H groups in total. The van der Waals surface area contributed by atoms with Crippen LogP contribution in [0.4, 0.5) is 14.5 Å². The van der Waals surface area contributed by atoms with Crippen molar-refractivity contribution in [3.05, 3.63) is 24.3 Å². The highest BCUT2D eigenvalue weighted by atomic mass is 19.3. The highest BCUT2D eigenvalue weighted by Gasteiger charge is 2.35. The second kappa shape index (κ2) is 6.15. The summed E-state index contributed by atoms with van der Waals surface area (Å²) in [7, 11) is 0. The quantitative estimate of drug-likeness (QED) is 0.884. The monoisotopic (exact) mass is 286 g/mol. The Bertz CT molecular complexity index is 459. The molecular formula is C13H16F2N2O3. The topological polar surface area (TPSA) is 73.6 Å². The van der Waals surface area contributed by atoms with Gasteiger partial charge in [-0.25, -0.2) is 0 Å². The van der Waals surface area contributed by atoms with Gasteiger partial charge in [0.1, 0.15) is 11.3 Å². The molecule has 7 heteroatoms. The molecule has 1 aromatic carbocycles. The number of ether oxygens (including phenoxy) is 2. The van der Waals surface area contributed by atoms with Crippen molar-refractivity contribution < 1.29 is 23.0 Å². The number of amides is 1. The van der Waals surface area contributed by atoms with Gasteiger partial charge < -0.3 is 20.5 Å². The van der Waals surface area contributed by atoms with Crippen LogP contribution in [0.5, 0.6) is 5.75 Å². The van der Waals surface area contributed by atoms with E-state index >= 15 is 0 Å².